The second-order valence-corrected chi connectivity index (χ2v) is 10.4. The fraction of sp³-hybridized carbons (Fsp3) is 0.0732. The van der Waals surface area contributed by atoms with Gasteiger partial charge in [0.25, 0.3) is 0 Å². The average Bonchev–Trinajstić information content (AvgIpc) is 3.74. The lowest BCUT2D eigenvalue weighted by atomic mass is 9.80. The minimum Gasteiger partial charge on any atom is -0.456 e. The van der Waals surface area contributed by atoms with Crippen LogP contribution < -0.4 is 0 Å². The number of rotatable bonds is 2. The molecule has 0 fully saturated rings. The first-order valence-corrected chi connectivity index (χ1v) is 13.2. The van der Waals surface area contributed by atoms with E-state index in [-0.39, 0.29) is 38.2 Å². The smallest absolute Gasteiger partial charge is 0.136 e. The number of furan rings is 1. The van der Waals surface area contributed by atoms with Gasteiger partial charge in [-0.05, 0) is 84.2 Å². The van der Waals surface area contributed by atoms with Gasteiger partial charge in [-0.1, -0.05) is 129 Å². The van der Waals surface area contributed by atoms with Crippen molar-refractivity contribution >= 4 is 43.5 Å². The van der Waals surface area contributed by atoms with Crippen molar-refractivity contribution in [2.75, 3.05) is 0 Å². The number of benzene rings is 7. The molecule has 1 aliphatic carbocycles. The summed E-state index contributed by atoms with van der Waals surface area (Å²) in [6.07, 6.45) is 0. The van der Waals surface area contributed by atoms with E-state index in [9.17, 15) is 9.60 Å². The highest BCUT2D eigenvalue weighted by molar-refractivity contribution is 6.25. The van der Waals surface area contributed by atoms with Crippen LogP contribution in [0.3, 0.4) is 0 Å². The van der Waals surface area contributed by atoms with Crippen molar-refractivity contribution in [3.05, 3.63) is 144 Å². The topological polar surface area (TPSA) is 13.1 Å². The van der Waals surface area contributed by atoms with Gasteiger partial charge in [0.2, 0.25) is 0 Å². The molecule has 7 aromatic carbocycles. The van der Waals surface area contributed by atoms with Gasteiger partial charge >= 0.3 is 0 Å². The van der Waals surface area contributed by atoms with Crippen molar-refractivity contribution in [1.82, 2.24) is 0 Å². The summed E-state index contributed by atoms with van der Waals surface area (Å²) in [5, 5.41) is -0.211. The second-order valence-electron chi connectivity index (χ2n) is 10.4. The van der Waals surface area contributed by atoms with Crippen molar-refractivity contribution in [2.45, 2.75) is 19.2 Å². The number of para-hydroxylation sites is 1. The van der Waals surface area contributed by atoms with E-state index in [0.717, 1.165) is 6.92 Å². The summed E-state index contributed by atoms with van der Waals surface area (Å²) in [7, 11) is 0. The van der Waals surface area contributed by atoms with Gasteiger partial charge < -0.3 is 4.42 Å². The Morgan fingerprint density at radius 3 is 1.98 bits per heavy atom. The van der Waals surface area contributed by atoms with E-state index >= 15 is 0 Å². The predicted octanol–water partition coefficient (Wildman–Crippen LogP) is 11.5. The van der Waals surface area contributed by atoms with Gasteiger partial charge in [0.05, 0.1) is 20.6 Å². The van der Waals surface area contributed by atoms with Crippen LogP contribution in [-0.2, 0) is 5.41 Å². The molecule has 42 heavy (non-hydrogen) atoms. The van der Waals surface area contributed by atoms with Gasteiger partial charge in [0, 0.05) is 20.3 Å². The number of hydrogen-bond acceptors (Lipinski definition) is 1. The SMILES string of the molecule is [2H]c1c([2H])c([2H])c2c(c1[2H])-c1c([2H])c([2H])c(-c3c4c([2H])c([2H])c([2H])c([2H])c4c(-c4cccc5oc6ccccc6c45)c4c([2H])c([2H])c([2H])c([2H])c34)c([2H])c1C2(C)C([2H])([2H])[2H]. The van der Waals surface area contributed by atoms with Gasteiger partial charge in [0.1, 0.15) is 11.2 Å². The van der Waals surface area contributed by atoms with Crippen LogP contribution in [0.4, 0.5) is 0 Å². The highest BCUT2D eigenvalue weighted by Gasteiger charge is 2.35. The van der Waals surface area contributed by atoms with Crippen LogP contribution in [0.1, 0.15) is 49.6 Å². The molecule has 1 nitrogen and oxygen atoms in total. The Kier molecular flexibility index (Phi) is 2.41. The largest absolute Gasteiger partial charge is 0.456 e. The molecule has 198 valence electrons. The Morgan fingerprint density at radius 2 is 1.21 bits per heavy atom. The molecule has 1 aliphatic rings. The van der Waals surface area contributed by atoms with Gasteiger partial charge in [-0.2, -0.15) is 0 Å². The maximum absolute atomic E-state index is 9.88. The molecule has 8 aromatic rings. The third kappa shape index (κ3) is 3.08. The molecule has 1 unspecified atom stereocenters. The summed E-state index contributed by atoms with van der Waals surface area (Å²) >= 11 is 0. The molecular weight excluding hydrogens is 508 g/mol. The minimum atomic E-state index is -3.15. The summed E-state index contributed by atoms with van der Waals surface area (Å²) < 4.78 is 169. The molecule has 9 rings (SSSR count). The first-order chi connectivity index (χ1) is 28.1. The molecule has 1 aromatic heterocycles. The van der Waals surface area contributed by atoms with Gasteiger partial charge in [0.15, 0.2) is 0 Å². The van der Waals surface area contributed by atoms with Crippen LogP contribution in [0.25, 0.3) is 76.9 Å². The summed E-state index contributed by atoms with van der Waals surface area (Å²) in [5.41, 5.74) is -4.06. The normalized spacial score (nSPS) is 22.3. The van der Waals surface area contributed by atoms with E-state index in [1.165, 1.54) is 0 Å². The standard InChI is InChI=1S/C41H28O/c1-41(2)34-19-9-7-12-26(34)27-23-22-25(24-35(27)41)38-28-13-3-5-15-30(28)39(31-16-6-4-14-29(31)38)33-18-11-21-37-40(33)32-17-8-10-20-36(32)42-37/h3-24H,1-2H3/i1D3,3D,4D,5D,6D,7D,9D,12D,13D,14D,15D,16D,19D,22D,23D,24D. The van der Waals surface area contributed by atoms with Crippen LogP contribution in [0.15, 0.2) is 138 Å². The van der Waals surface area contributed by atoms with Gasteiger partial charge in [-0.15, -0.1) is 0 Å². The molecule has 0 amide bonds. The Balaban J connectivity index is 1.60. The minimum absolute atomic E-state index is 0.0337. The Hall–Kier alpha value is -5.14. The third-order valence-electron chi connectivity index (χ3n) is 8.05. The molecule has 0 bridgehead atoms. The Morgan fingerprint density at radius 1 is 0.571 bits per heavy atom. The van der Waals surface area contributed by atoms with Crippen LogP contribution in [0.2, 0.25) is 0 Å². The molecule has 0 radical (unpaired) electrons. The Labute approximate surface area is 270 Å². The lowest BCUT2D eigenvalue weighted by molar-refractivity contribution is 0.660. The number of fused-ring (bicyclic) bond motifs is 8. The van der Waals surface area contributed by atoms with E-state index in [4.69, 9.17) is 19.5 Å². The third-order valence-corrected chi connectivity index (χ3v) is 8.05. The zero-order chi connectivity index (χ0) is 43.6. The lowest BCUT2D eigenvalue weighted by Gasteiger charge is -2.23. The van der Waals surface area contributed by atoms with E-state index in [2.05, 4.69) is 0 Å². The van der Waals surface area contributed by atoms with Crippen LogP contribution in [0, 0.1) is 0 Å². The molecule has 0 saturated carbocycles. The maximum atomic E-state index is 9.88. The molecule has 1 heteroatoms. The van der Waals surface area contributed by atoms with Crippen molar-refractivity contribution in [2.24, 2.45) is 0 Å². The zero-order valence-electron chi connectivity index (χ0n) is 39.9. The Bertz CT molecular complexity index is 3250. The zero-order valence-corrected chi connectivity index (χ0v) is 21.9. The first-order valence-electron chi connectivity index (χ1n) is 22.2. The van der Waals surface area contributed by atoms with E-state index in [1.54, 1.807) is 42.5 Å². The predicted molar refractivity (Wildman–Crippen MR) is 177 cm³/mol. The van der Waals surface area contributed by atoms with Gasteiger partial charge in [-0.25, -0.2) is 0 Å². The highest BCUT2D eigenvalue weighted by Crippen LogP contribution is 2.51. The van der Waals surface area contributed by atoms with Crippen molar-refractivity contribution in [3.8, 4) is 33.4 Å². The fourth-order valence-corrected chi connectivity index (χ4v) is 6.22. The van der Waals surface area contributed by atoms with Crippen LogP contribution in [0.5, 0.6) is 0 Å². The van der Waals surface area contributed by atoms with Crippen molar-refractivity contribution in [3.63, 3.8) is 0 Å². The van der Waals surface area contributed by atoms with Crippen LogP contribution in [-0.4, -0.2) is 0 Å². The maximum Gasteiger partial charge on any atom is 0.136 e. The molecule has 0 saturated heterocycles. The first kappa shape index (κ1) is 12.0. The van der Waals surface area contributed by atoms with Gasteiger partial charge in [-0.3, -0.25) is 0 Å². The fourth-order valence-electron chi connectivity index (χ4n) is 6.22. The van der Waals surface area contributed by atoms with Crippen molar-refractivity contribution < 1.29 is 29.1 Å². The second kappa shape index (κ2) is 8.44. The number of hydrogen-bond donors (Lipinski definition) is 0. The molecular formula is C41H28O. The molecule has 0 aliphatic heterocycles. The summed E-state index contributed by atoms with van der Waals surface area (Å²) in [6.45, 7) is -2.00. The van der Waals surface area contributed by atoms with Crippen LogP contribution >= 0.6 is 0 Å². The molecule has 0 spiro atoms. The summed E-state index contributed by atoms with van der Waals surface area (Å²) in [4.78, 5) is 0. The van der Waals surface area contributed by atoms with E-state index < -0.39 is 131 Å². The quantitative estimate of drug-likeness (QED) is 0.194. The molecule has 0 N–H and O–H groups in total. The average molecular weight is 555 g/mol. The van der Waals surface area contributed by atoms with E-state index in [1.807, 2.05) is 0 Å². The highest BCUT2D eigenvalue weighted by atomic mass is 16.3. The molecule has 1 atom stereocenters. The molecule has 1 heterocycles. The van der Waals surface area contributed by atoms with Crippen molar-refractivity contribution in [1.29, 1.82) is 0 Å². The monoisotopic (exact) mass is 554 g/mol. The summed E-state index contributed by atoms with van der Waals surface area (Å²) in [6, 6.07) is 1.05. The lowest BCUT2D eigenvalue weighted by Crippen LogP contribution is -2.14. The van der Waals surface area contributed by atoms with E-state index in [0.29, 0.717) is 21.9 Å². The summed E-state index contributed by atoms with van der Waals surface area (Å²) in [5.74, 6) is 0.